The molecule has 0 saturated heterocycles. The Morgan fingerprint density at radius 3 is 2.89 bits per heavy atom. The summed E-state index contributed by atoms with van der Waals surface area (Å²) in [5, 5.41) is 2.97. The fourth-order valence-corrected chi connectivity index (χ4v) is 2.21. The molecule has 0 spiro atoms. The molecule has 0 aromatic heterocycles. The number of fused-ring (bicyclic) bond motifs is 1. The number of halogens is 3. The van der Waals surface area contributed by atoms with Crippen LogP contribution in [0.5, 0.6) is 5.75 Å². The molecule has 5 heteroatoms. The van der Waals surface area contributed by atoms with E-state index in [1.807, 2.05) is 0 Å². The van der Waals surface area contributed by atoms with Crippen molar-refractivity contribution in [2.75, 3.05) is 13.2 Å². The number of hydrogen-bond donors (Lipinski definition) is 1. The molecule has 1 aliphatic heterocycles. The fraction of sp³-hybridized carbons (Fsp3) is 0.538. The van der Waals surface area contributed by atoms with Crippen molar-refractivity contribution in [1.82, 2.24) is 5.32 Å². The molecule has 2 atom stereocenters. The van der Waals surface area contributed by atoms with Gasteiger partial charge in [-0.25, -0.2) is 13.2 Å². The third-order valence-electron chi connectivity index (χ3n) is 3.50. The van der Waals surface area contributed by atoms with Crippen LogP contribution in [0.1, 0.15) is 23.7 Å². The Kier molecular flexibility index (Phi) is 2.73. The molecule has 1 aromatic rings. The molecule has 3 rings (SSSR count). The summed E-state index contributed by atoms with van der Waals surface area (Å²) >= 11 is 0. The van der Waals surface area contributed by atoms with Crippen LogP contribution in [0, 0.1) is 5.92 Å². The highest BCUT2D eigenvalue weighted by Crippen LogP contribution is 2.48. The van der Waals surface area contributed by atoms with Crippen LogP contribution in [0.2, 0.25) is 0 Å². The lowest BCUT2D eigenvalue weighted by Gasteiger charge is -2.21. The smallest absolute Gasteiger partial charge is 0.255 e. The minimum absolute atomic E-state index is 0.000981. The summed E-state index contributed by atoms with van der Waals surface area (Å²) in [6.45, 7) is 0.925. The summed E-state index contributed by atoms with van der Waals surface area (Å²) in [4.78, 5) is 0. The molecule has 0 amide bonds. The summed E-state index contributed by atoms with van der Waals surface area (Å²) in [5.74, 6) is -2.78. The van der Waals surface area contributed by atoms with Gasteiger partial charge in [0.15, 0.2) is 0 Å². The first-order valence-electron chi connectivity index (χ1n) is 6.04. The van der Waals surface area contributed by atoms with Crippen molar-refractivity contribution in [2.24, 2.45) is 5.92 Å². The number of nitrogens with one attached hydrogen (secondary N) is 1. The van der Waals surface area contributed by atoms with E-state index in [2.05, 4.69) is 5.32 Å². The highest BCUT2D eigenvalue weighted by molar-refractivity contribution is 5.38. The zero-order valence-electron chi connectivity index (χ0n) is 9.76. The Bertz CT molecular complexity index is 464. The van der Waals surface area contributed by atoms with Crippen LogP contribution in [0.4, 0.5) is 13.2 Å². The van der Waals surface area contributed by atoms with Crippen LogP contribution < -0.4 is 10.1 Å². The van der Waals surface area contributed by atoms with Crippen molar-refractivity contribution in [3.8, 4) is 5.75 Å². The molecule has 1 aromatic carbocycles. The third kappa shape index (κ3) is 2.19. The van der Waals surface area contributed by atoms with Gasteiger partial charge in [0.2, 0.25) is 0 Å². The Morgan fingerprint density at radius 2 is 2.17 bits per heavy atom. The van der Waals surface area contributed by atoms with Crippen LogP contribution in [-0.4, -0.2) is 19.1 Å². The van der Waals surface area contributed by atoms with Gasteiger partial charge in [0.25, 0.3) is 5.92 Å². The number of benzene rings is 1. The lowest BCUT2D eigenvalue weighted by Crippen LogP contribution is -2.26. The van der Waals surface area contributed by atoms with E-state index in [1.165, 1.54) is 0 Å². The van der Waals surface area contributed by atoms with Crippen molar-refractivity contribution in [3.63, 3.8) is 0 Å². The molecule has 18 heavy (non-hydrogen) atoms. The molecule has 2 nitrogen and oxygen atoms in total. The lowest BCUT2D eigenvalue weighted by molar-refractivity contribution is 0.0855. The highest BCUT2D eigenvalue weighted by Gasteiger charge is 2.57. The third-order valence-corrected chi connectivity index (χ3v) is 3.50. The second kappa shape index (κ2) is 4.16. The highest BCUT2D eigenvalue weighted by atomic mass is 19.3. The number of rotatable bonds is 3. The molecule has 1 aliphatic carbocycles. The van der Waals surface area contributed by atoms with E-state index < -0.39 is 18.0 Å². The molecule has 1 heterocycles. The van der Waals surface area contributed by atoms with E-state index in [1.54, 1.807) is 18.2 Å². The van der Waals surface area contributed by atoms with Gasteiger partial charge in [0.05, 0.1) is 12.5 Å². The molecule has 2 aliphatic rings. The average Bonchev–Trinajstić information content (AvgIpc) is 2.95. The Balaban J connectivity index is 1.68. The lowest BCUT2D eigenvalue weighted by atomic mass is 9.99. The summed E-state index contributed by atoms with van der Waals surface area (Å²) < 4.78 is 44.3. The first-order valence-corrected chi connectivity index (χ1v) is 6.04. The number of alkyl halides is 3. The van der Waals surface area contributed by atoms with Gasteiger partial charge in [-0.1, -0.05) is 6.07 Å². The van der Waals surface area contributed by atoms with Crippen LogP contribution in [0.3, 0.4) is 0 Å². The van der Waals surface area contributed by atoms with Crippen molar-refractivity contribution >= 4 is 0 Å². The molecule has 1 fully saturated rings. The fourth-order valence-electron chi connectivity index (χ4n) is 2.21. The summed E-state index contributed by atoms with van der Waals surface area (Å²) in [5.41, 5.74) is 1.51. The summed E-state index contributed by atoms with van der Waals surface area (Å²) in [7, 11) is 0. The quantitative estimate of drug-likeness (QED) is 0.899. The van der Waals surface area contributed by atoms with Gasteiger partial charge in [-0.3, -0.25) is 0 Å². The maximum Gasteiger partial charge on any atom is 0.255 e. The molecule has 1 saturated carbocycles. The van der Waals surface area contributed by atoms with Gasteiger partial charge in [0, 0.05) is 19.5 Å². The molecule has 2 unspecified atom stereocenters. The summed E-state index contributed by atoms with van der Waals surface area (Å²) in [6.07, 6.45) is -1.16. The van der Waals surface area contributed by atoms with Crippen LogP contribution in [0.15, 0.2) is 18.2 Å². The van der Waals surface area contributed by atoms with E-state index in [0.29, 0.717) is 17.9 Å². The van der Waals surface area contributed by atoms with Crippen molar-refractivity contribution in [2.45, 2.75) is 25.1 Å². The van der Waals surface area contributed by atoms with Crippen LogP contribution >= 0.6 is 0 Å². The van der Waals surface area contributed by atoms with Gasteiger partial charge in [0.1, 0.15) is 11.9 Å². The molecule has 0 bridgehead atoms. The molecular formula is C13H14F3NO. The number of ether oxygens (including phenoxy) is 1. The molecule has 98 valence electrons. The minimum Gasteiger partial charge on any atom is -0.493 e. The molecule has 0 radical (unpaired) electrons. The predicted molar refractivity (Wildman–Crippen MR) is 60.5 cm³/mol. The standard InChI is InChI=1S/C13H14F3NO/c14-12-6-17-5-8-1-2-10(3-11(8)12)18-7-9-4-13(9,15)16/h1-3,9,12,17H,4-7H2. The maximum atomic E-state index is 13.7. The first kappa shape index (κ1) is 11.8. The van der Waals surface area contributed by atoms with E-state index in [9.17, 15) is 13.2 Å². The SMILES string of the molecule is FC1CNCc2ccc(OCC3CC3(F)F)cc21. The van der Waals surface area contributed by atoms with E-state index in [-0.39, 0.29) is 19.6 Å². The monoisotopic (exact) mass is 257 g/mol. The Labute approximate surface area is 103 Å². The minimum atomic E-state index is -2.57. The van der Waals surface area contributed by atoms with E-state index in [4.69, 9.17) is 4.74 Å². The largest absolute Gasteiger partial charge is 0.493 e. The topological polar surface area (TPSA) is 21.3 Å². The number of hydrogen-bond acceptors (Lipinski definition) is 2. The summed E-state index contributed by atoms with van der Waals surface area (Å²) in [6, 6.07) is 5.12. The van der Waals surface area contributed by atoms with Gasteiger partial charge >= 0.3 is 0 Å². The Hall–Kier alpha value is -1.23. The van der Waals surface area contributed by atoms with Gasteiger partial charge < -0.3 is 10.1 Å². The van der Waals surface area contributed by atoms with Crippen molar-refractivity contribution in [1.29, 1.82) is 0 Å². The van der Waals surface area contributed by atoms with Crippen LogP contribution in [0.25, 0.3) is 0 Å². The van der Waals surface area contributed by atoms with Gasteiger partial charge in [-0.2, -0.15) is 0 Å². The van der Waals surface area contributed by atoms with Gasteiger partial charge in [-0.15, -0.1) is 0 Å². The average molecular weight is 257 g/mol. The Morgan fingerprint density at radius 1 is 1.39 bits per heavy atom. The molecular weight excluding hydrogens is 243 g/mol. The normalized spacial score (nSPS) is 28.6. The first-order chi connectivity index (χ1) is 8.56. The van der Waals surface area contributed by atoms with E-state index >= 15 is 0 Å². The van der Waals surface area contributed by atoms with Crippen molar-refractivity contribution in [3.05, 3.63) is 29.3 Å². The zero-order valence-corrected chi connectivity index (χ0v) is 9.76. The van der Waals surface area contributed by atoms with Crippen LogP contribution in [-0.2, 0) is 6.54 Å². The van der Waals surface area contributed by atoms with Crippen molar-refractivity contribution < 1.29 is 17.9 Å². The second-order valence-electron chi connectivity index (χ2n) is 4.93. The van der Waals surface area contributed by atoms with E-state index in [0.717, 1.165) is 5.56 Å². The maximum absolute atomic E-state index is 13.7. The predicted octanol–water partition coefficient (Wildman–Crippen LogP) is 2.83. The molecule has 1 N–H and O–H groups in total. The zero-order chi connectivity index (χ0) is 12.8. The van der Waals surface area contributed by atoms with Gasteiger partial charge in [-0.05, 0) is 23.3 Å². The second-order valence-corrected chi connectivity index (χ2v) is 4.93.